The van der Waals surface area contributed by atoms with Gasteiger partial charge in [0.25, 0.3) is 0 Å². The second-order valence-corrected chi connectivity index (χ2v) is 10.8. The Kier molecular flexibility index (Phi) is 4.67. The Morgan fingerprint density at radius 3 is 2.81 bits per heavy atom. The van der Waals surface area contributed by atoms with E-state index in [9.17, 15) is 4.21 Å². The molecule has 9 nitrogen and oxygen atoms in total. The number of hydrogen-bond acceptors (Lipinski definition) is 8. The lowest BCUT2D eigenvalue weighted by Crippen LogP contribution is -2.44. The van der Waals surface area contributed by atoms with Crippen LogP contribution < -0.4 is 9.64 Å². The number of rotatable bonds is 5. The topological polar surface area (TPSA) is 117 Å². The van der Waals surface area contributed by atoms with Crippen molar-refractivity contribution in [2.24, 2.45) is 0 Å². The molecule has 2 aliphatic rings. The highest BCUT2D eigenvalue weighted by molar-refractivity contribution is 7.92. The summed E-state index contributed by atoms with van der Waals surface area (Å²) in [4.78, 5) is 19.5. The lowest BCUT2D eigenvalue weighted by Gasteiger charge is -2.35. The molecule has 1 unspecified atom stereocenters. The highest BCUT2D eigenvalue weighted by Crippen LogP contribution is 2.52. The zero-order chi connectivity index (χ0) is 21.8. The predicted molar refractivity (Wildman–Crippen MR) is 119 cm³/mol. The molecule has 2 N–H and O–H groups in total. The van der Waals surface area contributed by atoms with Gasteiger partial charge in [-0.3, -0.25) is 4.78 Å². The third-order valence-corrected chi connectivity index (χ3v) is 8.35. The van der Waals surface area contributed by atoms with Crippen molar-refractivity contribution in [3.63, 3.8) is 0 Å². The van der Waals surface area contributed by atoms with E-state index in [1.54, 1.807) is 7.11 Å². The SMILES string of the molecule is COc1cc(-c2nc(N3CCOC[C@H]3C)cc(C3(S(C)(=N)=O)CC3)n2)c2cc[nH]c2n1. The van der Waals surface area contributed by atoms with E-state index in [0.717, 1.165) is 16.8 Å². The molecule has 0 bridgehead atoms. The van der Waals surface area contributed by atoms with Crippen molar-refractivity contribution < 1.29 is 13.7 Å². The first-order valence-electron chi connectivity index (χ1n) is 10.3. The number of morpholine rings is 1. The van der Waals surface area contributed by atoms with Gasteiger partial charge in [0.05, 0.1) is 46.5 Å². The van der Waals surface area contributed by atoms with E-state index in [2.05, 4.69) is 21.8 Å². The molecular formula is C21H26N6O3S. The van der Waals surface area contributed by atoms with Crippen molar-refractivity contribution in [3.05, 3.63) is 30.1 Å². The normalized spacial score (nSPS) is 22.3. The minimum Gasteiger partial charge on any atom is -0.481 e. The molecule has 2 atom stereocenters. The Morgan fingerprint density at radius 1 is 1.32 bits per heavy atom. The van der Waals surface area contributed by atoms with Crippen molar-refractivity contribution >= 4 is 26.6 Å². The van der Waals surface area contributed by atoms with Crippen LogP contribution in [0.5, 0.6) is 5.88 Å². The summed E-state index contributed by atoms with van der Waals surface area (Å²) in [6.45, 7) is 4.05. The van der Waals surface area contributed by atoms with Crippen LogP contribution in [-0.4, -0.2) is 63.3 Å². The Morgan fingerprint density at radius 2 is 2.13 bits per heavy atom. The summed E-state index contributed by atoms with van der Waals surface area (Å²) in [6, 6.07) is 5.83. The van der Waals surface area contributed by atoms with Gasteiger partial charge in [-0.2, -0.15) is 4.98 Å². The van der Waals surface area contributed by atoms with Gasteiger partial charge in [0.1, 0.15) is 11.5 Å². The number of ether oxygens (including phenoxy) is 2. The predicted octanol–water partition coefficient (Wildman–Crippen LogP) is 2.92. The zero-order valence-corrected chi connectivity index (χ0v) is 18.7. The van der Waals surface area contributed by atoms with Gasteiger partial charge >= 0.3 is 0 Å². The Hall–Kier alpha value is -2.72. The van der Waals surface area contributed by atoms with E-state index >= 15 is 0 Å². The van der Waals surface area contributed by atoms with Crippen molar-refractivity contribution in [2.75, 3.05) is 38.0 Å². The molecule has 1 saturated carbocycles. The molecule has 1 aliphatic heterocycles. The molecule has 4 heterocycles. The number of methoxy groups -OCH3 is 1. The maximum Gasteiger partial charge on any atom is 0.215 e. The second kappa shape index (κ2) is 7.16. The summed E-state index contributed by atoms with van der Waals surface area (Å²) in [5.74, 6) is 1.75. The molecular weight excluding hydrogens is 416 g/mol. The van der Waals surface area contributed by atoms with E-state index in [4.69, 9.17) is 24.2 Å². The largest absolute Gasteiger partial charge is 0.481 e. The van der Waals surface area contributed by atoms with Crippen molar-refractivity contribution in [2.45, 2.75) is 30.6 Å². The van der Waals surface area contributed by atoms with Crippen LogP contribution in [-0.2, 0) is 19.2 Å². The fourth-order valence-corrected chi connectivity index (χ4v) is 5.65. The van der Waals surface area contributed by atoms with Crippen LogP contribution in [0.15, 0.2) is 24.4 Å². The maximum absolute atomic E-state index is 12.9. The van der Waals surface area contributed by atoms with Crippen LogP contribution in [0.4, 0.5) is 5.82 Å². The molecule has 10 heteroatoms. The monoisotopic (exact) mass is 442 g/mol. The lowest BCUT2D eigenvalue weighted by molar-refractivity contribution is 0.0985. The van der Waals surface area contributed by atoms with Gasteiger partial charge in [-0.05, 0) is 25.8 Å². The number of pyridine rings is 1. The quantitative estimate of drug-likeness (QED) is 0.624. The Balaban J connectivity index is 1.74. The maximum atomic E-state index is 12.9. The number of hydrogen-bond donors (Lipinski definition) is 2. The van der Waals surface area contributed by atoms with Crippen LogP contribution in [0, 0.1) is 4.78 Å². The van der Waals surface area contributed by atoms with E-state index in [0.29, 0.717) is 55.6 Å². The summed E-state index contributed by atoms with van der Waals surface area (Å²) in [7, 11) is -1.25. The van der Waals surface area contributed by atoms with Gasteiger partial charge in [-0.1, -0.05) is 0 Å². The van der Waals surface area contributed by atoms with Crippen molar-refractivity contribution in [1.82, 2.24) is 19.9 Å². The third kappa shape index (κ3) is 3.34. The lowest BCUT2D eigenvalue weighted by atomic mass is 10.1. The average Bonchev–Trinajstić information content (AvgIpc) is 3.45. The average molecular weight is 443 g/mol. The number of nitrogens with one attached hydrogen (secondary N) is 2. The molecule has 164 valence electrons. The number of anilines is 1. The summed E-state index contributed by atoms with van der Waals surface area (Å²) in [5, 5.41) is 0.881. The molecule has 0 radical (unpaired) electrons. The van der Waals surface area contributed by atoms with Gasteiger partial charge in [0.2, 0.25) is 5.88 Å². The molecule has 1 saturated heterocycles. The van der Waals surface area contributed by atoms with E-state index < -0.39 is 14.5 Å². The van der Waals surface area contributed by atoms with Crippen LogP contribution >= 0.6 is 0 Å². The van der Waals surface area contributed by atoms with Crippen LogP contribution in [0.1, 0.15) is 25.5 Å². The molecule has 0 aromatic carbocycles. The van der Waals surface area contributed by atoms with Gasteiger partial charge in [-0.15, -0.1) is 0 Å². The van der Waals surface area contributed by atoms with Gasteiger partial charge < -0.3 is 19.4 Å². The minimum atomic E-state index is -2.83. The summed E-state index contributed by atoms with van der Waals surface area (Å²) < 4.78 is 31.5. The molecule has 2 fully saturated rings. The van der Waals surface area contributed by atoms with Gasteiger partial charge in [0.15, 0.2) is 5.82 Å². The zero-order valence-electron chi connectivity index (χ0n) is 17.8. The summed E-state index contributed by atoms with van der Waals surface area (Å²) in [6.07, 6.45) is 4.72. The van der Waals surface area contributed by atoms with Crippen LogP contribution in [0.25, 0.3) is 22.4 Å². The molecule has 5 rings (SSSR count). The molecule has 1 aliphatic carbocycles. The fourth-order valence-electron chi connectivity index (χ4n) is 4.27. The second-order valence-electron chi connectivity index (χ2n) is 8.34. The first-order valence-corrected chi connectivity index (χ1v) is 12.3. The molecule has 3 aromatic heterocycles. The van der Waals surface area contributed by atoms with Gasteiger partial charge in [0, 0.05) is 42.1 Å². The highest BCUT2D eigenvalue weighted by atomic mass is 32.2. The smallest absolute Gasteiger partial charge is 0.215 e. The Bertz CT molecular complexity index is 1250. The van der Waals surface area contributed by atoms with Gasteiger partial charge in [-0.25, -0.2) is 14.2 Å². The number of H-pyrrole nitrogens is 1. The Labute approximate surface area is 181 Å². The first-order chi connectivity index (χ1) is 14.8. The first kappa shape index (κ1) is 20.2. The van der Waals surface area contributed by atoms with E-state index in [1.165, 1.54) is 6.26 Å². The standard InChI is InChI=1S/C21H26N6O3S/c1-13-12-30-9-8-27(13)17-11-16(21(5-6-21)31(3,22)28)24-20(25-17)15-10-18(29-2)26-19-14(15)4-7-23-19/h4,7,10-11,13,22H,5-6,8-9,12H2,1-3H3,(H,23,26)/t13-,31?/m1/s1. The number of nitrogens with zero attached hydrogens (tertiary/aromatic N) is 4. The van der Waals surface area contributed by atoms with Crippen molar-refractivity contribution in [3.8, 4) is 17.3 Å². The molecule has 31 heavy (non-hydrogen) atoms. The van der Waals surface area contributed by atoms with E-state index in [-0.39, 0.29) is 6.04 Å². The number of fused-ring (bicyclic) bond motifs is 1. The summed E-state index contributed by atoms with van der Waals surface area (Å²) in [5.41, 5.74) is 2.15. The van der Waals surface area contributed by atoms with Crippen molar-refractivity contribution in [1.29, 1.82) is 4.78 Å². The summed E-state index contributed by atoms with van der Waals surface area (Å²) >= 11 is 0. The molecule has 0 amide bonds. The minimum absolute atomic E-state index is 0.153. The third-order valence-electron chi connectivity index (χ3n) is 6.25. The molecule has 0 spiro atoms. The highest BCUT2D eigenvalue weighted by Gasteiger charge is 2.53. The number of aromatic amines is 1. The van der Waals surface area contributed by atoms with Crippen LogP contribution in [0.2, 0.25) is 0 Å². The van der Waals surface area contributed by atoms with Crippen LogP contribution in [0.3, 0.4) is 0 Å². The molecule has 3 aromatic rings. The fraction of sp³-hybridized carbons (Fsp3) is 0.476. The number of aromatic nitrogens is 4. The van der Waals surface area contributed by atoms with E-state index in [1.807, 2.05) is 24.4 Å².